The first-order chi connectivity index (χ1) is 15.0. The number of fused-ring (bicyclic) bond motifs is 1. The SMILES string of the molecule is CC1=C2[C@@H](C)C(=O)[C@]3(C)CC[C@H]4OC[C@H]4C34C[C@](O)(CC1)[C@]24C.O=C(O)c1ccccc1. The second-order valence-electron chi connectivity index (χ2n) is 11.1. The lowest BCUT2D eigenvalue weighted by Crippen LogP contribution is -2.85. The van der Waals surface area contributed by atoms with Gasteiger partial charge in [-0.25, -0.2) is 4.79 Å². The van der Waals surface area contributed by atoms with Gasteiger partial charge in [-0.3, -0.25) is 4.79 Å². The predicted octanol–water partition coefficient (Wildman–Crippen LogP) is 4.64. The van der Waals surface area contributed by atoms with Crippen molar-refractivity contribution in [2.24, 2.45) is 28.1 Å². The molecule has 1 unspecified atom stereocenters. The molecule has 32 heavy (non-hydrogen) atoms. The van der Waals surface area contributed by atoms with Crippen molar-refractivity contribution in [2.45, 2.75) is 71.5 Å². The highest BCUT2D eigenvalue weighted by Crippen LogP contribution is 2.84. The number of hydrogen-bond donors (Lipinski definition) is 2. The Bertz CT molecular complexity index is 1010. The van der Waals surface area contributed by atoms with Crippen molar-refractivity contribution in [3.63, 3.8) is 0 Å². The number of carbonyl (C=O) groups excluding carboxylic acids is 1. The molecule has 4 fully saturated rings. The molecule has 1 aromatic rings. The first-order valence-electron chi connectivity index (χ1n) is 11.9. The van der Waals surface area contributed by atoms with Crippen LogP contribution in [0.15, 0.2) is 41.5 Å². The Morgan fingerprint density at radius 3 is 2.41 bits per heavy atom. The highest BCUT2D eigenvalue weighted by atomic mass is 16.5. The summed E-state index contributed by atoms with van der Waals surface area (Å²) >= 11 is 0. The number of carboxylic acid groups (broad SMARTS) is 1. The summed E-state index contributed by atoms with van der Waals surface area (Å²) in [6, 6.07) is 8.30. The van der Waals surface area contributed by atoms with E-state index in [0.29, 0.717) is 23.4 Å². The van der Waals surface area contributed by atoms with Crippen LogP contribution in [-0.2, 0) is 9.53 Å². The van der Waals surface area contributed by atoms with Crippen molar-refractivity contribution in [1.82, 2.24) is 0 Å². The van der Waals surface area contributed by atoms with Gasteiger partial charge in [0.2, 0.25) is 0 Å². The number of benzene rings is 1. The number of aromatic carboxylic acids is 1. The molecule has 2 N–H and O–H groups in total. The third kappa shape index (κ3) is 2.31. The van der Waals surface area contributed by atoms with E-state index in [1.165, 1.54) is 11.1 Å². The van der Waals surface area contributed by atoms with Crippen molar-refractivity contribution in [2.75, 3.05) is 6.61 Å². The fourth-order valence-electron chi connectivity index (χ4n) is 8.63. The van der Waals surface area contributed by atoms with Crippen molar-refractivity contribution >= 4 is 11.8 Å². The first-order valence-corrected chi connectivity index (χ1v) is 11.9. The predicted molar refractivity (Wildman–Crippen MR) is 120 cm³/mol. The summed E-state index contributed by atoms with van der Waals surface area (Å²) in [5.41, 5.74) is 1.75. The lowest BCUT2D eigenvalue weighted by atomic mass is 9.22. The second-order valence-corrected chi connectivity index (χ2v) is 11.1. The lowest BCUT2D eigenvalue weighted by molar-refractivity contribution is -0.369. The van der Waals surface area contributed by atoms with E-state index in [2.05, 4.69) is 27.7 Å². The van der Waals surface area contributed by atoms with Crippen LogP contribution in [0.4, 0.5) is 0 Å². The molecule has 7 atom stereocenters. The summed E-state index contributed by atoms with van der Waals surface area (Å²) in [7, 11) is 0. The van der Waals surface area contributed by atoms with E-state index < -0.39 is 11.6 Å². The highest BCUT2D eigenvalue weighted by molar-refractivity contribution is 5.93. The molecule has 1 heterocycles. The number of rotatable bonds is 1. The van der Waals surface area contributed by atoms with Gasteiger partial charge >= 0.3 is 5.97 Å². The minimum absolute atomic E-state index is 0.0391. The van der Waals surface area contributed by atoms with Crippen LogP contribution in [0.2, 0.25) is 0 Å². The largest absolute Gasteiger partial charge is 0.478 e. The van der Waals surface area contributed by atoms with Crippen molar-refractivity contribution in [3.05, 3.63) is 47.0 Å². The van der Waals surface area contributed by atoms with Crippen molar-refractivity contribution < 1.29 is 24.5 Å². The van der Waals surface area contributed by atoms with Crippen LogP contribution < -0.4 is 0 Å². The molecule has 1 spiro atoms. The molecule has 0 radical (unpaired) electrons. The van der Waals surface area contributed by atoms with Gasteiger partial charge in [0.25, 0.3) is 0 Å². The summed E-state index contributed by atoms with van der Waals surface area (Å²) in [4.78, 5) is 23.7. The van der Waals surface area contributed by atoms with E-state index in [4.69, 9.17) is 9.84 Å². The Morgan fingerprint density at radius 2 is 1.84 bits per heavy atom. The average Bonchev–Trinajstić information content (AvgIpc) is 2.74. The first kappa shape index (κ1) is 21.8. The summed E-state index contributed by atoms with van der Waals surface area (Å²) in [5.74, 6) is -0.0408. The summed E-state index contributed by atoms with van der Waals surface area (Å²) < 4.78 is 5.86. The van der Waals surface area contributed by atoms with Gasteiger partial charge in [0, 0.05) is 28.1 Å². The molecule has 172 valence electrons. The van der Waals surface area contributed by atoms with E-state index >= 15 is 0 Å². The van der Waals surface area contributed by atoms with Gasteiger partial charge in [0.15, 0.2) is 0 Å². The van der Waals surface area contributed by atoms with Gasteiger partial charge in [-0.15, -0.1) is 0 Å². The molecule has 5 heteroatoms. The number of aliphatic hydroxyl groups is 1. The standard InChI is InChI=1S/C20H28O3.C7H6O2/c1-11-5-8-19(22)10-20-13-9-23-14(13)6-7-17(20,3)16(21)12(2)15(11)18(19,20)4;8-7(9)6-4-2-1-3-5-6/h12-14,22H,5-10H2,1-4H3;1-5H,(H,8,9)/t12-,13-,14-,17+,18+,19-,20?;/m1./s1. The normalized spacial score (nSPS) is 45.8. The Labute approximate surface area is 189 Å². The molecule has 5 nitrogen and oxygen atoms in total. The maximum absolute atomic E-state index is 13.5. The summed E-state index contributed by atoms with van der Waals surface area (Å²) in [6.07, 6.45) is 4.84. The highest BCUT2D eigenvalue weighted by Gasteiger charge is 2.85. The molecule has 3 saturated carbocycles. The maximum atomic E-state index is 13.5. The molecule has 5 aliphatic rings. The minimum Gasteiger partial charge on any atom is -0.478 e. The number of carboxylic acids is 1. The molecule has 6 rings (SSSR count). The van der Waals surface area contributed by atoms with E-state index in [1.54, 1.807) is 30.3 Å². The van der Waals surface area contributed by atoms with E-state index in [1.807, 2.05) is 0 Å². The van der Waals surface area contributed by atoms with E-state index in [9.17, 15) is 14.7 Å². The fourth-order valence-corrected chi connectivity index (χ4v) is 8.63. The molecular weight excluding hydrogens is 404 g/mol. The average molecular weight is 439 g/mol. The number of ketones is 1. The third-order valence-corrected chi connectivity index (χ3v) is 10.2. The van der Waals surface area contributed by atoms with Crippen LogP contribution in [0.1, 0.15) is 70.2 Å². The third-order valence-electron chi connectivity index (χ3n) is 10.2. The van der Waals surface area contributed by atoms with Gasteiger partial charge < -0.3 is 14.9 Å². The molecule has 4 aliphatic carbocycles. The van der Waals surface area contributed by atoms with Gasteiger partial charge in [-0.05, 0) is 51.2 Å². The molecule has 1 aliphatic heterocycles. The second kappa shape index (κ2) is 6.77. The van der Waals surface area contributed by atoms with Crippen LogP contribution in [0.3, 0.4) is 0 Å². The Kier molecular flexibility index (Phi) is 4.62. The van der Waals surface area contributed by atoms with Gasteiger partial charge in [0.1, 0.15) is 5.78 Å². The zero-order chi connectivity index (χ0) is 23.1. The van der Waals surface area contributed by atoms with Crippen LogP contribution in [-0.4, -0.2) is 40.3 Å². The molecule has 1 saturated heterocycles. The van der Waals surface area contributed by atoms with Crippen LogP contribution >= 0.6 is 0 Å². The fraction of sp³-hybridized carbons (Fsp3) is 0.630. The topological polar surface area (TPSA) is 83.8 Å². The number of Topliss-reactive ketones (excluding diaryl/α,β-unsaturated/α-hetero) is 1. The van der Waals surface area contributed by atoms with Gasteiger partial charge in [-0.2, -0.15) is 0 Å². The van der Waals surface area contributed by atoms with E-state index in [0.717, 1.165) is 38.7 Å². The smallest absolute Gasteiger partial charge is 0.335 e. The zero-order valence-electron chi connectivity index (χ0n) is 19.5. The monoisotopic (exact) mass is 438 g/mol. The molecule has 0 aromatic heterocycles. The zero-order valence-corrected chi connectivity index (χ0v) is 19.5. The quantitative estimate of drug-likeness (QED) is 0.624. The summed E-state index contributed by atoms with van der Waals surface area (Å²) in [6.45, 7) is 9.56. The molecule has 0 bridgehead atoms. The van der Waals surface area contributed by atoms with Crippen molar-refractivity contribution in [1.29, 1.82) is 0 Å². The van der Waals surface area contributed by atoms with Crippen LogP contribution in [0.25, 0.3) is 0 Å². The maximum Gasteiger partial charge on any atom is 0.335 e. The minimum atomic E-state index is -0.879. The lowest BCUT2D eigenvalue weighted by Gasteiger charge is -2.82. The molecular formula is C27H34O5. The van der Waals surface area contributed by atoms with Crippen molar-refractivity contribution in [3.8, 4) is 0 Å². The Balaban J connectivity index is 0.000000203. The van der Waals surface area contributed by atoms with Crippen LogP contribution in [0.5, 0.6) is 0 Å². The number of hydrogen-bond acceptors (Lipinski definition) is 4. The van der Waals surface area contributed by atoms with E-state index in [-0.39, 0.29) is 22.2 Å². The number of carbonyl (C=O) groups is 2. The van der Waals surface area contributed by atoms with Gasteiger partial charge in [0.05, 0.1) is 23.9 Å². The molecule has 1 aromatic carbocycles. The Hall–Kier alpha value is -1.98. The van der Waals surface area contributed by atoms with Crippen LogP contribution in [0, 0.1) is 28.1 Å². The Morgan fingerprint density at radius 1 is 1.16 bits per heavy atom. The van der Waals surface area contributed by atoms with Gasteiger partial charge in [-0.1, -0.05) is 50.1 Å². The molecule has 0 amide bonds. The summed E-state index contributed by atoms with van der Waals surface area (Å²) in [5, 5.41) is 19.9. The number of ether oxygens (including phenoxy) is 1. The number of allylic oxidation sites excluding steroid dienone is 1.